The summed E-state index contributed by atoms with van der Waals surface area (Å²) in [6.45, 7) is 1.50. The normalized spacial score (nSPS) is 14.2. The van der Waals surface area contributed by atoms with Crippen LogP contribution in [0.5, 0.6) is 0 Å². The van der Waals surface area contributed by atoms with E-state index in [1.807, 2.05) is 4.90 Å². The number of anilines is 1. The molecule has 1 saturated heterocycles. The van der Waals surface area contributed by atoms with Crippen molar-refractivity contribution < 1.29 is 9.59 Å². The Morgan fingerprint density at radius 1 is 1.12 bits per heavy atom. The van der Waals surface area contributed by atoms with E-state index in [-0.39, 0.29) is 11.7 Å². The average Bonchev–Trinajstić information content (AvgIpc) is 2.65. The number of likely N-dealkylation sites (tertiary alicyclic amines) is 1. The molecule has 0 spiro atoms. The van der Waals surface area contributed by atoms with Crippen molar-refractivity contribution >= 4 is 17.6 Å². The Morgan fingerprint density at radius 3 is 2.60 bits per heavy atom. The van der Waals surface area contributed by atoms with Gasteiger partial charge in [-0.3, -0.25) is 14.4 Å². The zero-order valence-electron chi connectivity index (χ0n) is 14.1. The fourth-order valence-corrected chi connectivity index (χ4v) is 2.84. The highest BCUT2D eigenvalue weighted by atomic mass is 16.2. The van der Waals surface area contributed by atoms with Crippen molar-refractivity contribution in [3.8, 4) is 0 Å². The number of nitrogens with one attached hydrogen (secondary N) is 1. The lowest BCUT2D eigenvalue weighted by molar-refractivity contribution is 0.0724. The molecule has 7 nitrogen and oxygen atoms in total. The van der Waals surface area contributed by atoms with E-state index >= 15 is 0 Å². The molecule has 2 heterocycles. The lowest BCUT2D eigenvalue weighted by Gasteiger charge is -2.26. The highest BCUT2D eigenvalue weighted by Gasteiger charge is 2.19. The number of hydrogen-bond donors (Lipinski definition) is 1. The van der Waals surface area contributed by atoms with E-state index in [1.54, 1.807) is 31.3 Å². The summed E-state index contributed by atoms with van der Waals surface area (Å²) in [5.74, 6) is -0.574. The van der Waals surface area contributed by atoms with E-state index in [1.165, 1.54) is 17.0 Å². The van der Waals surface area contributed by atoms with Crippen LogP contribution in [0.3, 0.4) is 0 Å². The smallest absolute Gasteiger partial charge is 0.293 e. The molecule has 3 rings (SSSR count). The number of carbonyl (C=O) groups excluding carboxylic acids is 2. The van der Waals surface area contributed by atoms with Gasteiger partial charge in [0.25, 0.3) is 17.4 Å². The minimum Gasteiger partial charge on any atom is -0.339 e. The standard InChI is InChI=1S/C18H20N4O3/c1-21-11-8-19-15(18(21)25)20-16(23)13-6-5-7-14(12-13)17(24)22-9-3-2-4-10-22/h5-8,11-12H,2-4,9-10H2,1H3,(H,19,20,23). The number of aromatic nitrogens is 2. The molecule has 1 aliphatic heterocycles. The minimum atomic E-state index is -0.468. The molecule has 2 aromatic rings. The first-order valence-electron chi connectivity index (χ1n) is 8.28. The molecule has 1 N–H and O–H groups in total. The maximum atomic E-state index is 12.6. The van der Waals surface area contributed by atoms with Crippen LogP contribution in [0.2, 0.25) is 0 Å². The maximum Gasteiger partial charge on any atom is 0.293 e. The van der Waals surface area contributed by atoms with Gasteiger partial charge in [0.05, 0.1) is 0 Å². The van der Waals surface area contributed by atoms with Crippen molar-refractivity contribution in [2.75, 3.05) is 18.4 Å². The van der Waals surface area contributed by atoms with E-state index in [9.17, 15) is 14.4 Å². The van der Waals surface area contributed by atoms with Gasteiger partial charge < -0.3 is 14.8 Å². The molecular weight excluding hydrogens is 320 g/mol. The molecule has 130 valence electrons. The van der Waals surface area contributed by atoms with Crippen LogP contribution in [-0.4, -0.2) is 39.4 Å². The number of amides is 2. The summed E-state index contributed by atoms with van der Waals surface area (Å²) in [5, 5.41) is 2.50. The third-order valence-corrected chi connectivity index (χ3v) is 4.26. The van der Waals surface area contributed by atoms with Crippen LogP contribution in [0.25, 0.3) is 0 Å². The first kappa shape index (κ1) is 16.9. The monoisotopic (exact) mass is 340 g/mol. The molecule has 0 bridgehead atoms. The quantitative estimate of drug-likeness (QED) is 0.921. The Kier molecular flexibility index (Phi) is 4.92. The van der Waals surface area contributed by atoms with Crippen LogP contribution in [-0.2, 0) is 7.05 Å². The Labute approximate surface area is 145 Å². The van der Waals surface area contributed by atoms with Gasteiger partial charge in [-0.1, -0.05) is 6.07 Å². The van der Waals surface area contributed by atoms with Gasteiger partial charge >= 0.3 is 0 Å². The Bertz CT molecular complexity index is 853. The first-order valence-corrected chi connectivity index (χ1v) is 8.28. The fraction of sp³-hybridized carbons (Fsp3) is 0.333. The summed E-state index contributed by atoms with van der Waals surface area (Å²) < 4.78 is 1.33. The molecule has 1 aromatic carbocycles. The van der Waals surface area contributed by atoms with Crippen LogP contribution in [0.4, 0.5) is 5.82 Å². The van der Waals surface area contributed by atoms with Crippen LogP contribution in [0.1, 0.15) is 40.0 Å². The molecule has 2 amide bonds. The molecule has 7 heteroatoms. The molecule has 0 atom stereocenters. The van der Waals surface area contributed by atoms with Crippen molar-refractivity contribution in [1.82, 2.24) is 14.5 Å². The van der Waals surface area contributed by atoms with Gasteiger partial charge in [-0.05, 0) is 37.5 Å². The SMILES string of the molecule is Cn1ccnc(NC(=O)c2cccc(C(=O)N3CCCCC3)c2)c1=O. The topological polar surface area (TPSA) is 84.3 Å². The number of hydrogen-bond acceptors (Lipinski definition) is 4. The van der Waals surface area contributed by atoms with Gasteiger partial charge in [0.15, 0.2) is 5.82 Å². The molecule has 25 heavy (non-hydrogen) atoms. The number of aryl methyl sites for hydroxylation is 1. The maximum absolute atomic E-state index is 12.6. The molecule has 0 unspecified atom stereocenters. The predicted molar refractivity (Wildman–Crippen MR) is 93.6 cm³/mol. The van der Waals surface area contributed by atoms with E-state index in [0.717, 1.165) is 32.4 Å². The largest absolute Gasteiger partial charge is 0.339 e. The van der Waals surface area contributed by atoms with E-state index in [0.29, 0.717) is 11.1 Å². The molecule has 0 radical (unpaired) electrons. The van der Waals surface area contributed by atoms with Gasteiger partial charge in [0.1, 0.15) is 0 Å². The Hall–Kier alpha value is -2.96. The van der Waals surface area contributed by atoms with Gasteiger partial charge in [-0.15, -0.1) is 0 Å². The number of nitrogens with zero attached hydrogens (tertiary/aromatic N) is 3. The lowest BCUT2D eigenvalue weighted by Crippen LogP contribution is -2.35. The summed E-state index contributed by atoms with van der Waals surface area (Å²) in [6.07, 6.45) is 6.11. The second-order valence-corrected chi connectivity index (χ2v) is 6.08. The second-order valence-electron chi connectivity index (χ2n) is 6.08. The van der Waals surface area contributed by atoms with Crippen molar-refractivity contribution in [1.29, 1.82) is 0 Å². The molecule has 1 aromatic heterocycles. The number of piperidine rings is 1. The van der Waals surface area contributed by atoms with E-state index < -0.39 is 11.5 Å². The van der Waals surface area contributed by atoms with Crippen LogP contribution in [0, 0.1) is 0 Å². The third kappa shape index (κ3) is 3.76. The lowest BCUT2D eigenvalue weighted by atomic mass is 10.1. The molecule has 0 aliphatic carbocycles. The van der Waals surface area contributed by atoms with Gasteiger partial charge in [-0.25, -0.2) is 4.98 Å². The molecular formula is C18H20N4O3. The van der Waals surface area contributed by atoms with E-state index in [2.05, 4.69) is 10.3 Å². The Balaban J connectivity index is 1.78. The van der Waals surface area contributed by atoms with Crippen molar-refractivity contribution in [2.24, 2.45) is 7.05 Å². The summed E-state index contributed by atoms with van der Waals surface area (Å²) in [5.41, 5.74) is 0.399. The van der Waals surface area contributed by atoms with Gasteiger partial charge in [-0.2, -0.15) is 0 Å². The highest BCUT2D eigenvalue weighted by molar-refractivity contribution is 6.05. The second kappa shape index (κ2) is 7.29. The molecule has 0 saturated carbocycles. The predicted octanol–water partition coefficient (Wildman–Crippen LogP) is 1.66. The van der Waals surface area contributed by atoms with Crippen molar-refractivity contribution in [2.45, 2.75) is 19.3 Å². The molecule has 1 fully saturated rings. The Morgan fingerprint density at radius 2 is 1.84 bits per heavy atom. The van der Waals surface area contributed by atoms with E-state index in [4.69, 9.17) is 0 Å². The van der Waals surface area contributed by atoms with Gasteiger partial charge in [0, 0.05) is 43.7 Å². The third-order valence-electron chi connectivity index (χ3n) is 4.26. The van der Waals surface area contributed by atoms with Crippen LogP contribution >= 0.6 is 0 Å². The van der Waals surface area contributed by atoms with Crippen molar-refractivity contribution in [3.63, 3.8) is 0 Å². The summed E-state index contributed by atoms with van der Waals surface area (Å²) in [6, 6.07) is 6.53. The van der Waals surface area contributed by atoms with Crippen LogP contribution in [0.15, 0.2) is 41.5 Å². The zero-order valence-corrected chi connectivity index (χ0v) is 14.1. The number of carbonyl (C=O) groups is 2. The molecule has 1 aliphatic rings. The van der Waals surface area contributed by atoms with Crippen molar-refractivity contribution in [3.05, 3.63) is 58.1 Å². The highest BCUT2D eigenvalue weighted by Crippen LogP contribution is 2.14. The fourth-order valence-electron chi connectivity index (χ4n) is 2.84. The summed E-state index contributed by atoms with van der Waals surface area (Å²) in [4.78, 5) is 42.6. The zero-order chi connectivity index (χ0) is 17.8. The number of rotatable bonds is 3. The minimum absolute atomic E-state index is 0.0391. The first-order chi connectivity index (χ1) is 12.1. The van der Waals surface area contributed by atoms with Crippen LogP contribution < -0.4 is 10.9 Å². The average molecular weight is 340 g/mol. The summed E-state index contributed by atoms with van der Waals surface area (Å²) in [7, 11) is 1.58. The number of benzene rings is 1. The summed E-state index contributed by atoms with van der Waals surface area (Å²) >= 11 is 0. The van der Waals surface area contributed by atoms with Gasteiger partial charge in [0.2, 0.25) is 0 Å².